The molecule has 5 nitrogen and oxygen atoms in total. The van der Waals surface area contributed by atoms with E-state index in [-0.39, 0.29) is 36.7 Å². The Hall–Kier alpha value is -0.810. The van der Waals surface area contributed by atoms with Crippen molar-refractivity contribution in [2.45, 2.75) is 19.3 Å². The summed E-state index contributed by atoms with van der Waals surface area (Å²) in [6.45, 7) is 0.714. The summed E-state index contributed by atoms with van der Waals surface area (Å²) in [5, 5.41) is 0. The number of hydrogen-bond acceptors (Lipinski definition) is 3. The molecule has 0 aliphatic heterocycles. The molecular weight excluding hydrogens is 254 g/mol. The van der Waals surface area contributed by atoms with Gasteiger partial charge in [-0.1, -0.05) is 6.42 Å². The lowest BCUT2D eigenvalue weighted by Gasteiger charge is -2.25. The van der Waals surface area contributed by atoms with Gasteiger partial charge in [-0.25, -0.2) is 0 Å². The first-order valence-electron chi connectivity index (χ1n) is 6.12. The maximum atomic E-state index is 12.2. The molecule has 0 bridgehead atoms. The lowest BCUT2D eigenvalue weighted by molar-refractivity contribution is -0.141. The minimum Gasteiger partial charge on any atom is -0.347 e. The average molecular weight is 278 g/mol. The van der Waals surface area contributed by atoms with E-state index in [0.717, 1.165) is 19.3 Å². The molecule has 2 N–H and O–H groups in total. The van der Waals surface area contributed by atoms with Crippen LogP contribution in [0, 0.1) is 11.8 Å². The molecule has 0 heterocycles. The number of amides is 2. The van der Waals surface area contributed by atoms with Gasteiger partial charge in [0.25, 0.3) is 0 Å². The molecule has 0 aromatic heterocycles. The van der Waals surface area contributed by atoms with Crippen LogP contribution in [0.3, 0.4) is 0 Å². The summed E-state index contributed by atoms with van der Waals surface area (Å²) in [6, 6.07) is 0. The molecule has 0 saturated heterocycles. The average Bonchev–Trinajstić information content (AvgIpc) is 2.75. The number of rotatable bonds is 4. The summed E-state index contributed by atoms with van der Waals surface area (Å²) < 4.78 is 0. The fraction of sp³-hybridized carbons (Fsp3) is 0.833. The van der Waals surface area contributed by atoms with Gasteiger partial charge in [-0.2, -0.15) is 0 Å². The monoisotopic (exact) mass is 277 g/mol. The number of likely N-dealkylation sites (N-methyl/N-ethyl adjacent to an activating group) is 2. The molecule has 1 aliphatic rings. The molecule has 18 heavy (non-hydrogen) atoms. The van der Waals surface area contributed by atoms with Crippen molar-refractivity contribution in [3.63, 3.8) is 0 Å². The highest BCUT2D eigenvalue weighted by molar-refractivity contribution is 5.86. The van der Waals surface area contributed by atoms with Crippen LogP contribution in [0.5, 0.6) is 0 Å². The number of carbonyl (C=O) groups is 2. The smallest absolute Gasteiger partial charge is 0.241 e. The molecular formula is C12H24ClN3O2. The Morgan fingerprint density at radius 1 is 1.22 bits per heavy atom. The van der Waals surface area contributed by atoms with Crippen LogP contribution < -0.4 is 5.73 Å². The summed E-state index contributed by atoms with van der Waals surface area (Å²) in [5.74, 6) is 0.315. The Morgan fingerprint density at radius 3 is 2.33 bits per heavy atom. The maximum absolute atomic E-state index is 12.2. The Labute approximate surface area is 115 Å². The van der Waals surface area contributed by atoms with Gasteiger partial charge in [0.05, 0.1) is 6.54 Å². The van der Waals surface area contributed by atoms with E-state index in [4.69, 9.17) is 5.73 Å². The van der Waals surface area contributed by atoms with Crippen molar-refractivity contribution in [3.05, 3.63) is 0 Å². The fourth-order valence-corrected chi connectivity index (χ4v) is 2.35. The Bertz CT molecular complexity index is 297. The van der Waals surface area contributed by atoms with Gasteiger partial charge in [-0.15, -0.1) is 12.4 Å². The number of halogens is 1. The van der Waals surface area contributed by atoms with Gasteiger partial charge >= 0.3 is 0 Å². The highest BCUT2D eigenvalue weighted by Crippen LogP contribution is 2.32. The van der Waals surface area contributed by atoms with Gasteiger partial charge in [-0.05, 0) is 25.3 Å². The molecule has 1 rings (SSSR count). The summed E-state index contributed by atoms with van der Waals surface area (Å²) in [4.78, 5) is 26.7. The lowest BCUT2D eigenvalue weighted by atomic mass is 9.95. The Morgan fingerprint density at radius 2 is 1.83 bits per heavy atom. The van der Waals surface area contributed by atoms with Crippen molar-refractivity contribution in [1.82, 2.24) is 9.80 Å². The van der Waals surface area contributed by atoms with E-state index in [2.05, 4.69) is 0 Å². The van der Waals surface area contributed by atoms with Gasteiger partial charge in [0.15, 0.2) is 0 Å². The van der Waals surface area contributed by atoms with E-state index in [0.29, 0.717) is 12.5 Å². The van der Waals surface area contributed by atoms with Crippen molar-refractivity contribution in [3.8, 4) is 0 Å². The molecule has 1 aliphatic carbocycles. The lowest BCUT2D eigenvalue weighted by Crippen LogP contribution is -2.42. The third-order valence-electron chi connectivity index (χ3n) is 3.53. The largest absolute Gasteiger partial charge is 0.347 e. The second-order valence-electron chi connectivity index (χ2n) is 5.02. The highest BCUT2D eigenvalue weighted by Gasteiger charge is 2.34. The van der Waals surface area contributed by atoms with Crippen LogP contribution in [0.1, 0.15) is 19.3 Å². The standard InChI is InChI=1S/C12H23N3O2.ClH/c1-14(2)11(16)8-15(3)12(17)10-6-4-5-9(10)7-13;/h9-10H,4-8,13H2,1-3H3;1H/t9-,10-;/m1./s1. The maximum Gasteiger partial charge on any atom is 0.241 e. The van der Waals surface area contributed by atoms with Crippen LogP contribution >= 0.6 is 12.4 Å². The summed E-state index contributed by atoms with van der Waals surface area (Å²) in [6.07, 6.45) is 3.00. The summed E-state index contributed by atoms with van der Waals surface area (Å²) in [7, 11) is 5.08. The van der Waals surface area contributed by atoms with Crippen LogP contribution in [-0.4, -0.2) is 55.8 Å². The van der Waals surface area contributed by atoms with Crippen LogP contribution in [-0.2, 0) is 9.59 Å². The predicted molar refractivity (Wildman–Crippen MR) is 73.5 cm³/mol. The SMILES string of the molecule is CN(C)C(=O)CN(C)C(=O)[C@@H]1CCC[C@@H]1CN.Cl. The molecule has 1 fully saturated rings. The van der Waals surface area contributed by atoms with Gasteiger partial charge in [0.1, 0.15) is 0 Å². The van der Waals surface area contributed by atoms with Crippen molar-refractivity contribution in [2.24, 2.45) is 17.6 Å². The fourth-order valence-electron chi connectivity index (χ4n) is 2.35. The summed E-state index contributed by atoms with van der Waals surface area (Å²) in [5.41, 5.74) is 5.67. The number of nitrogens with two attached hydrogens (primary N) is 1. The van der Waals surface area contributed by atoms with Crippen LogP contribution in [0.2, 0.25) is 0 Å². The molecule has 2 atom stereocenters. The van der Waals surface area contributed by atoms with E-state index in [1.165, 1.54) is 9.80 Å². The normalized spacial score (nSPS) is 22.2. The summed E-state index contributed by atoms with van der Waals surface area (Å²) >= 11 is 0. The molecule has 0 aromatic carbocycles. The molecule has 0 aromatic rings. The minimum atomic E-state index is -0.0526. The zero-order valence-corrected chi connectivity index (χ0v) is 12.2. The van der Waals surface area contributed by atoms with Crippen LogP contribution in [0.25, 0.3) is 0 Å². The third-order valence-corrected chi connectivity index (χ3v) is 3.53. The van der Waals surface area contributed by atoms with Crippen LogP contribution in [0.4, 0.5) is 0 Å². The zero-order valence-electron chi connectivity index (χ0n) is 11.4. The van der Waals surface area contributed by atoms with Gasteiger partial charge in [0.2, 0.25) is 11.8 Å². The van der Waals surface area contributed by atoms with Crippen molar-refractivity contribution in [1.29, 1.82) is 0 Å². The first-order chi connectivity index (χ1) is 7.97. The first-order valence-corrected chi connectivity index (χ1v) is 6.12. The molecule has 0 radical (unpaired) electrons. The van der Waals surface area contributed by atoms with Crippen LogP contribution in [0.15, 0.2) is 0 Å². The van der Waals surface area contributed by atoms with E-state index in [1.54, 1.807) is 21.1 Å². The van der Waals surface area contributed by atoms with E-state index < -0.39 is 0 Å². The quantitative estimate of drug-likeness (QED) is 0.805. The number of hydrogen-bond donors (Lipinski definition) is 1. The number of carbonyl (C=O) groups excluding carboxylic acids is 2. The molecule has 1 saturated carbocycles. The number of nitrogens with zero attached hydrogens (tertiary/aromatic N) is 2. The van der Waals surface area contributed by atoms with E-state index >= 15 is 0 Å². The van der Waals surface area contributed by atoms with E-state index in [1.807, 2.05) is 0 Å². The first kappa shape index (κ1) is 17.2. The van der Waals surface area contributed by atoms with E-state index in [9.17, 15) is 9.59 Å². The topological polar surface area (TPSA) is 66.6 Å². The Kier molecular flexibility index (Phi) is 7.25. The molecule has 6 heteroatoms. The third kappa shape index (κ3) is 4.14. The molecule has 106 valence electrons. The van der Waals surface area contributed by atoms with Crippen molar-refractivity contribution < 1.29 is 9.59 Å². The minimum absolute atomic E-state index is 0. The Balaban J connectivity index is 0.00000289. The van der Waals surface area contributed by atoms with Crippen molar-refractivity contribution >= 4 is 24.2 Å². The molecule has 0 spiro atoms. The van der Waals surface area contributed by atoms with Gasteiger partial charge in [-0.3, -0.25) is 9.59 Å². The molecule has 2 amide bonds. The predicted octanol–water partition coefficient (Wildman–Crippen LogP) is 0.330. The molecule has 0 unspecified atom stereocenters. The zero-order chi connectivity index (χ0) is 13.0. The second kappa shape index (κ2) is 7.59. The second-order valence-corrected chi connectivity index (χ2v) is 5.02. The van der Waals surface area contributed by atoms with Gasteiger partial charge in [0, 0.05) is 27.1 Å². The van der Waals surface area contributed by atoms with Gasteiger partial charge < -0.3 is 15.5 Å². The van der Waals surface area contributed by atoms with Crippen molar-refractivity contribution in [2.75, 3.05) is 34.2 Å². The highest BCUT2D eigenvalue weighted by atomic mass is 35.5.